The Morgan fingerprint density at radius 1 is 0.889 bits per heavy atom. The van der Waals surface area contributed by atoms with Crippen LogP contribution in [0.2, 0.25) is 0 Å². The summed E-state index contributed by atoms with van der Waals surface area (Å²) in [6, 6.07) is 0. The van der Waals surface area contributed by atoms with Crippen molar-refractivity contribution in [1.29, 1.82) is 0 Å². The lowest BCUT2D eigenvalue weighted by Crippen LogP contribution is -2.64. The van der Waals surface area contributed by atoms with E-state index in [1.807, 2.05) is 0 Å². The molecule has 4 saturated carbocycles. The second-order valence-electron chi connectivity index (χ2n) is 15.5. The number of fused-ring (bicyclic) bond motifs is 7. The SMILES string of the molecule is CC(=O)O[C@@H]1CC[C@]2(C)[C@H](CC[C@]3(C)[C@H]2CC=C2[C@H]4C[C@@](C)(C(=O)Cl)CC[C@]4(C)CC[C@]23C)C1(C)C. The fourth-order valence-corrected chi connectivity index (χ4v) is 11.1. The molecular formula is C32H49ClO3. The largest absolute Gasteiger partial charge is 0.462 e. The molecule has 36 heavy (non-hydrogen) atoms. The van der Waals surface area contributed by atoms with E-state index < -0.39 is 5.41 Å². The normalized spacial score (nSPS) is 51.5. The van der Waals surface area contributed by atoms with Crippen LogP contribution in [0.1, 0.15) is 120 Å². The van der Waals surface area contributed by atoms with E-state index in [-0.39, 0.29) is 44.4 Å². The van der Waals surface area contributed by atoms with E-state index in [2.05, 4.69) is 54.5 Å². The quantitative estimate of drug-likeness (QED) is 0.210. The minimum absolute atomic E-state index is 0.0120. The molecule has 0 aliphatic heterocycles. The molecule has 0 aromatic heterocycles. The van der Waals surface area contributed by atoms with Crippen molar-refractivity contribution in [3.8, 4) is 0 Å². The first-order chi connectivity index (χ1) is 16.5. The fourth-order valence-electron chi connectivity index (χ4n) is 10.9. The van der Waals surface area contributed by atoms with Crippen LogP contribution in [0.4, 0.5) is 0 Å². The highest BCUT2D eigenvalue weighted by Gasteiger charge is 2.68. The van der Waals surface area contributed by atoms with Gasteiger partial charge in [0.15, 0.2) is 0 Å². The van der Waals surface area contributed by atoms with Crippen molar-refractivity contribution >= 4 is 22.8 Å². The molecule has 0 heterocycles. The second kappa shape index (κ2) is 8.09. The van der Waals surface area contributed by atoms with Gasteiger partial charge < -0.3 is 4.74 Å². The van der Waals surface area contributed by atoms with Gasteiger partial charge in [-0.25, -0.2) is 0 Å². The third kappa shape index (κ3) is 3.42. The molecule has 0 aromatic carbocycles. The number of carbonyl (C=O) groups excluding carboxylic acids is 2. The molecule has 0 bridgehead atoms. The molecule has 0 unspecified atom stereocenters. The Morgan fingerprint density at radius 2 is 1.56 bits per heavy atom. The highest BCUT2D eigenvalue weighted by molar-refractivity contribution is 6.64. The van der Waals surface area contributed by atoms with Crippen LogP contribution in [0.15, 0.2) is 11.6 Å². The van der Waals surface area contributed by atoms with Crippen molar-refractivity contribution in [2.75, 3.05) is 0 Å². The van der Waals surface area contributed by atoms with Crippen LogP contribution >= 0.6 is 11.6 Å². The van der Waals surface area contributed by atoms with Gasteiger partial charge >= 0.3 is 5.97 Å². The molecule has 0 saturated heterocycles. The third-order valence-electron chi connectivity index (χ3n) is 13.6. The summed E-state index contributed by atoms with van der Waals surface area (Å²) >= 11 is 6.20. The van der Waals surface area contributed by atoms with Crippen LogP contribution in [0, 0.1) is 50.2 Å². The molecule has 9 atom stereocenters. The maximum Gasteiger partial charge on any atom is 0.302 e. The molecule has 0 N–H and O–H groups in total. The first-order valence-corrected chi connectivity index (χ1v) is 15.0. The zero-order chi connectivity index (χ0) is 26.5. The molecule has 0 aromatic rings. The van der Waals surface area contributed by atoms with Gasteiger partial charge in [0.25, 0.3) is 0 Å². The first-order valence-electron chi connectivity index (χ1n) is 14.6. The number of allylic oxidation sites excluding steroid dienone is 2. The Kier molecular flexibility index (Phi) is 6.01. The van der Waals surface area contributed by atoms with E-state index >= 15 is 0 Å². The molecule has 5 aliphatic carbocycles. The van der Waals surface area contributed by atoms with Gasteiger partial charge in [0.05, 0.1) is 0 Å². The Bertz CT molecular complexity index is 999. The third-order valence-corrected chi connectivity index (χ3v) is 14.0. The topological polar surface area (TPSA) is 43.4 Å². The highest BCUT2D eigenvalue weighted by Crippen LogP contribution is 2.75. The van der Waals surface area contributed by atoms with Gasteiger partial charge in [0, 0.05) is 17.8 Å². The van der Waals surface area contributed by atoms with Gasteiger partial charge in [0.2, 0.25) is 5.24 Å². The van der Waals surface area contributed by atoms with E-state index in [4.69, 9.17) is 16.3 Å². The van der Waals surface area contributed by atoms with E-state index in [1.165, 1.54) is 25.7 Å². The molecule has 5 rings (SSSR count). The summed E-state index contributed by atoms with van der Waals surface area (Å²) in [5, 5.41) is -0.142. The Morgan fingerprint density at radius 3 is 2.19 bits per heavy atom. The van der Waals surface area contributed by atoms with Crippen LogP contribution in [0.25, 0.3) is 0 Å². The smallest absolute Gasteiger partial charge is 0.302 e. The molecule has 202 valence electrons. The fraction of sp³-hybridized carbons (Fsp3) is 0.875. The first kappa shape index (κ1) is 26.8. The van der Waals surface area contributed by atoms with Gasteiger partial charge in [-0.05, 0) is 115 Å². The van der Waals surface area contributed by atoms with E-state index in [1.54, 1.807) is 12.5 Å². The molecule has 4 heteroatoms. The lowest BCUT2D eigenvalue weighted by atomic mass is 9.33. The average molecular weight is 517 g/mol. The maximum atomic E-state index is 12.5. The number of halogens is 1. The minimum Gasteiger partial charge on any atom is -0.462 e. The highest BCUT2D eigenvalue weighted by atomic mass is 35.5. The zero-order valence-electron chi connectivity index (χ0n) is 24.1. The maximum absolute atomic E-state index is 12.5. The summed E-state index contributed by atoms with van der Waals surface area (Å²) in [7, 11) is 0. The molecule has 5 aliphatic rings. The monoisotopic (exact) mass is 516 g/mol. The van der Waals surface area contributed by atoms with Crippen LogP contribution in [0.3, 0.4) is 0 Å². The summed E-state index contributed by atoms with van der Waals surface area (Å²) in [5.74, 6) is 1.50. The predicted octanol–water partition coefficient (Wildman–Crippen LogP) is 8.49. The Labute approximate surface area is 224 Å². The predicted molar refractivity (Wildman–Crippen MR) is 145 cm³/mol. The molecule has 0 spiro atoms. The molecule has 4 fully saturated rings. The molecule has 3 nitrogen and oxygen atoms in total. The summed E-state index contributed by atoms with van der Waals surface area (Å²) in [6.07, 6.45) is 13.8. The number of esters is 1. The van der Waals surface area contributed by atoms with Crippen molar-refractivity contribution in [2.45, 2.75) is 126 Å². The van der Waals surface area contributed by atoms with Crippen molar-refractivity contribution in [3.63, 3.8) is 0 Å². The van der Waals surface area contributed by atoms with E-state index in [0.717, 1.165) is 38.5 Å². The summed E-state index contributed by atoms with van der Waals surface area (Å²) in [4.78, 5) is 24.4. The van der Waals surface area contributed by atoms with Crippen LogP contribution in [-0.2, 0) is 14.3 Å². The number of hydrogen-bond acceptors (Lipinski definition) is 3. The molecule has 0 amide bonds. The van der Waals surface area contributed by atoms with Gasteiger partial charge in [-0.3, -0.25) is 9.59 Å². The van der Waals surface area contributed by atoms with E-state index in [0.29, 0.717) is 17.8 Å². The van der Waals surface area contributed by atoms with Gasteiger partial charge in [-0.2, -0.15) is 0 Å². The standard InChI is InChI=1S/C32H49ClO3/c1-20(34)36-25-12-13-30(6)23(27(25,2)3)11-14-32(8)24(30)10-9-21-22-19-29(5,26(33)35)16-15-28(22,4)17-18-31(21,32)7/h9,22-25H,10-19H2,1-8H3/t22-,23-,24+,25-,28-,29+,30-,31-,32-/m1/s1. The summed E-state index contributed by atoms with van der Waals surface area (Å²) in [6.45, 7) is 18.6. The van der Waals surface area contributed by atoms with Crippen LogP contribution in [-0.4, -0.2) is 17.3 Å². The van der Waals surface area contributed by atoms with E-state index in [9.17, 15) is 9.59 Å². The van der Waals surface area contributed by atoms with Crippen molar-refractivity contribution in [3.05, 3.63) is 11.6 Å². The zero-order valence-corrected chi connectivity index (χ0v) is 24.8. The van der Waals surface area contributed by atoms with Gasteiger partial charge in [-0.1, -0.05) is 60.1 Å². The number of carbonyl (C=O) groups is 2. The van der Waals surface area contributed by atoms with Crippen LogP contribution in [0.5, 0.6) is 0 Å². The van der Waals surface area contributed by atoms with Crippen molar-refractivity contribution < 1.29 is 14.3 Å². The molecular weight excluding hydrogens is 468 g/mol. The van der Waals surface area contributed by atoms with Gasteiger partial charge in [-0.15, -0.1) is 0 Å². The minimum atomic E-state index is -0.397. The summed E-state index contributed by atoms with van der Waals surface area (Å²) in [5.41, 5.74) is 2.19. The average Bonchev–Trinajstić information content (AvgIpc) is 2.77. The lowest BCUT2D eigenvalue weighted by Gasteiger charge is -2.71. The number of rotatable bonds is 2. The molecule has 0 radical (unpaired) electrons. The van der Waals surface area contributed by atoms with Crippen molar-refractivity contribution in [2.24, 2.45) is 50.2 Å². The van der Waals surface area contributed by atoms with Crippen molar-refractivity contribution in [1.82, 2.24) is 0 Å². The second-order valence-corrected chi connectivity index (χ2v) is 15.8. The lowest BCUT2D eigenvalue weighted by molar-refractivity contribution is -0.211. The Hall–Kier alpha value is -0.830. The Balaban J connectivity index is 1.53. The number of hydrogen-bond donors (Lipinski definition) is 0. The van der Waals surface area contributed by atoms with Crippen LogP contribution < -0.4 is 0 Å². The summed E-state index contributed by atoms with van der Waals surface area (Å²) < 4.78 is 5.89. The van der Waals surface area contributed by atoms with Gasteiger partial charge in [0.1, 0.15) is 6.10 Å². The number of ether oxygens (including phenoxy) is 1.